The average molecular weight is 503 g/mol. The van der Waals surface area contributed by atoms with Gasteiger partial charge in [0.2, 0.25) is 5.91 Å². The van der Waals surface area contributed by atoms with Crippen molar-refractivity contribution in [2.75, 3.05) is 5.73 Å². The third-order valence-corrected chi connectivity index (χ3v) is 5.24. The molecular formula is C24H24F3N5O4. The van der Waals surface area contributed by atoms with Crippen LogP contribution in [0, 0.1) is 6.92 Å². The molecule has 1 aromatic carbocycles. The maximum absolute atomic E-state index is 13.0. The minimum absolute atomic E-state index is 0.0404. The van der Waals surface area contributed by atoms with Crippen molar-refractivity contribution in [2.24, 2.45) is 0 Å². The smallest absolute Gasteiger partial charge is 0.384 e. The summed E-state index contributed by atoms with van der Waals surface area (Å²) in [6, 6.07) is 12.3. The van der Waals surface area contributed by atoms with Gasteiger partial charge in [0, 0.05) is 18.4 Å². The van der Waals surface area contributed by atoms with E-state index in [0.717, 1.165) is 12.5 Å². The van der Waals surface area contributed by atoms with Gasteiger partial charge in [0.25, 0.3) is 0 Å². The quantitative estimate of drug-likeness (QED) is 0.425. The van der Waals surface area contributed by atoms with Crippen molar-refractivity contribution in [3.63, 3.8) is 0 Å². The summed E-state index contributed by atoms with van der Waals surface area (Å²) in [5, 5.41) is 2.61. The van der Waals surface area contributed by atoms with Crippen molar-refractivity contribution in [3.8, 4) is 0 Å². The van der Waals surface area contributed by atoms with Gasteiger partial charge in [0.1, 0.15) is 17.6 Å². The monoisotopic (exact) mass is 503 g/mol. The number of hydrogen-bond acceptors (Lipinski definition) is 6. The first-order valence-electron chi connectivity index (χ1n) is 10.8. The van der Waals surface area contributed by atoms with Crippen LogP contribution in [-0.4, -0.2) is 45.0 Å². The van der Waals surface area contributed by atoms with E-state index >= 15 is 0 Å². The number of rotatable bonds is 7. The number of H-pyrrole nitrogens is 1. The summed E-state index contributed by atoms with van der Waals surface area (Å²) in [6.45, 7) is 2.76. The minimum atomic E-state index is -5.38. The summed E-state index contributed by atoms with van der Waals surface area (Å²) >= 11 is 0. The van der Waals surface area contributed by atoms with Crippen LogP contribution in [-0.2, 0) is 27.4 Å². The number of carbonyl (C=O) groups excluding carboxylic acids is 3. The predicted molar refractivity (Wildman–Crippen MR) is 123 cm³/mol. The Morgan fingerprint density at radius 2 is 1.83 bits per heavy atom. The van der Waals surface area contributed by atoms with E-state index in [-0.39, 0.29) is 23.1 Å². The Morgan fingerprint density at radius 1 is 1.14 bits per heavy atom. The molecule has 0 saturated carbocycles. The van der Waals surface area contributed by atoms with Crippen molar-refractivity contribution in [3.05, 3.63) is 82.8 Å². The number of carbonyl (C=O) groups is 3. The second-order valence-corrected chi connectivity index (χ2v) is 7.97. The van der Waals surface area contributed by atoms with Gasteiger partial charge in [0.15, 0.2) is 0 Å². The number of alkyl halides is 3. The molecule has 190 valence electrons. The Balaban J connectivity index is 1.78. The molecule has 2 amide bonds. The third-order valence-electron chi connectivity index (χ3n) is 5.24. The number of aromatic amines is 1. The summed E-state index contributed by atoms with van der Waals surface area (Å²) < 4.78 is 38.7. The molecule has 36 heavy (non-hydrogen) atoms. The van der Waals surface area contributed by atoms with E-state index in [1.165, 1.54) is 18.3 Å². The van der Waals surface area contributed by atoms with E-state index in [0.29, 0.717) is 23.2 Å². The van der Waals surface area contributed by atoms with Crippen molar-refractivity contribution < 1.29 is 32.4 Å². The number of hydrogen-bond donors (Lipinski definition) is 3. The fraction of sp³-hybridized carbons (Fsp3) is 0.250. The molecule has 0 saturated heterocycles. The molecule has 0 aliphatic heterocycles. The van der Waals surface area contributed by atoms with Crippen LogP contribution in [0.1, 0.15) is 39.8 Å². The molecule has 0 bridgehead atoms. The van der Waals surface area contributed by atoms with Crippen molar-refractivity contribution in [1.29, 1.82) is 0 Å². The lowest BCUT2D eigenvalue weighted by molar-refractivity contribution is -0.233. The van der Waals surface area contributed by atoms with Gasteiger partial charge in [-0.1, -0.05) is 36.4 Å². The Hall–Kier alpha value is -4.35. The van der Waals surface area contributed by atoms with E-state index in [4.69, 9.17) is 5.73 Å². The summed E-state index contributed by atoms with van der Waals surface area (Å²) in [6.07, 6.45) is -3.43. The van der Waals surface area contributed by atoms with Crippen LogP contribution < -0.4 is 11.1 Å². The maximum atomic E-state index is 13.0. The number of nitrogen functional groups attached to an aromatic ring is 1. The molecule has 2 aromatic heterocycles. The highest BCUT2D eigenvalue weighted by Crippen LogP contribution is 2.20. The van der Waals surface area contributed by atoms with Gasteiger partial charge >= 0.3 is 18.1 Å². The van der Waals surface area contributed by atoms with Gasteiger partial charge in [-0.3, -0.25) is 9.59 Å². The van der Waals surface area contributed by atoms with Gasteiger partial charge in [-0.25, -0.2) is 9.78 Å². The predicted octanol–water partition coefficient (Wildman–Crippen LogP) is 3.06. The number of nitrogens with one attached hydrogen (secondary N) is 2. The second-order valence-electron chi connectivity index (χ2n) is 7.97. The number of nitrogens with zero attached hydrogens (tertiary/aromatic N) is 2. The number of hydroxylamine groups is 2. The molecular weight excluding hydrogens is 479 g/mol. The fourth-order valence-electron chi connectivity index (χ4n) is 3.29. The number of anilines is 1. The van der Waals surface area contributed by atoms with Crippen molar-refractivity contribution in [1.82, 2.24) is 20.3 Å². The van der Waals surface area contributed by atoms with Crippen LogP contribution in [0.3, 0.4) is 0 Å². The minimum Gasteiger partial charge on any atom is -0.384 e. The molecule has 0 fully saturated rings. The maximum Gasteiger partial charge on any atom is 0.493 e. The van der Waals surface area contributed by atoms with E-state index in [2.05, 4.69) is 20.1 Å². The van der Waals surface area contributed by atoms with Crippen LogP contribution >= 0.6 is 0 Å². The van der Waals surface area contributed by atoms with Gasteiger partial charge in [0.05, 0.1) is 0 Å². The second kappa shape index (κ2) is 10.9. The lowest BCUT2D eigenvalue weighted by Gasteiger charge is -2.26. The third kappa shape index (κ3) is 6.62. The largest absolute Gasteiger partial charge is 0.493 e. The molecule has 0 spiro atoms. The van der Waals surface area contributed by atoms with Crippen LogP contribution in [0.5, 0.6) is 0 Å². The number of aromatic nitrogens is 2. The van der Waals surface area contributed by atoms with Crippen molar-refractivity contribution in [2.45, 2.75) is 39.0 Å². The Bertz CT molecular complexity index is 1240. The standard InChI is InChI=1S/C24H24F3N5O4/c1-14-18(8-9-20(28)31-14)13-30-21(33)15(2)32(36-23(35)24(25,26)27)22(34)19-11-17(12-29-19)10-16-6-4-3-5-7-16/h3-9,11-12,15,29H,10,13H2,1-2H3,(H2,28,31)(H,30,33)/t15-/m0/s1. The van der Waals surface area contributed by atoms with Gasteiger partial charge < -0.3 is 20.9 Å². The molecule has 3 aromatic rings. The molecule has 3 rings (SSSR count). The number of aryl methyl sites for hydroxylation is 1. The van der Waals surface area contributed by atoms with Gasteiger partial charge in [-0.2, -0.15) is 18.2 Å². The number of halogens is 3. The number of amides is 2. The summed E-state index contributed by atoms with van der Waals surface area (Å²) in [7, 11) is 0. The molecule has 2 heterocycles. The van der Waals surface area contributed by atoms with Crippen molar-refractivity contribution >= 4 is 23.6 Å². The lowest BCUT2D eigenvalue weighted by Crippen LogP contribution is -2.50. The van der Waals surface area contributed by atoms with E-state index in [9.17, 15) is 27.6 Å². The van der Waals surface area contributed by atoms with Crippen LogP contribution in [0.25, 0.3) is 0 Å². The SMILES string of the molecule is Cc1nc(N)ccc1CNC(=O)[C@H](C)N(OC(=O)C(F)(F)F)C(=O)c1cc(Cc2ccccc2)c[nH]1. The van der Waals surface area contributed by atoms with Gasteiger partial charge in [-0.15, -0.1) is 0 Å². The molecule has 0 aliphatic rings. The van der Waals surface area contributed by atoms with E-state index < -0.39 is 30.0 Å². The first-order valence-corrected chi connectivity index (χ1v) is 10.8. The summed E-state index contributed by atoms with van der Waals surface area (Å²) in [5.74, 6) is -4.33. The molecule has 4 N–H and O–H groups in total. The summed E-state index contributed by atoms with van der Waals surface area (Å²) in [5.41, 5.74) is 8.19. The average Bonchev–Trinajstić information content (AvgIpc) is 3.29. The number of pyridine rings is 1. The zero-order valence-corrected chi connectivity index (χ0v) is 19.4. The fourth-order valence-corrected chi connectivity index (χ4v) is 3.29. The Labute approximate surface area is 204 Å². The first-order chi connectivity index (χ1) is 17.0. The molecule has 0 radical (unpaired) electrons. The Morgan fingerprint density at radius 3 is 2.47 bits per heavy atom. The molecule has 0 unspecified atom stereocenters. The van der Waals surface area contributed by atoms with Gasteiger partial charge in [-0.05, 0) is 49.1 Å². The first kappa shape index (κ1) is 26.3. The van der Waals surface area contributed by atoms with Crippen LogP contribution in [0.2, 0.25) is 0 Å². The van der Waals surface area contributed by atoms with E-state index in [1.807, 2.05) is 30.3 Å². The normalized spacial score (nSPS) is 12.0. The van der Waals surface area contributed by atoms with Crippen LogP contribution in [0.15, 0.2) is 54.7 Å². The topological polar surface area (TPSA) is 130 Å². The molecule has 0 aliphatic carbocycles. The molecule has 12 heteroatoms. The molecule has 1 atom stereocenters. The summed E-state index contributed by atoms with van der Waals surface area (Å²) in [4.78, 5) is 48.4. The van der Waals surface area contributed by atoms with E-state index in [1.54, 1.807) is 13.0 Å². The zero-order valence-electron chi connectivity index (χ0n) is 19.4. The highest BCUT2D eigenvalue weighted by molar-refractivity contribution is 5.96. The number of benzene rings is 1. The highest BCUT2D eigenvalue weighted by Gasteiger charge is 2.45. The zero-order chi connectivity index (χ0) is 26.5. The Kier molecular flexibility index (Phi) is 7.97. The lowest BCUT2D eigenvalue weighted by atomic mass is 10.1. The number of nitrogens with two attached hydrogens (primary N) is 1. The molecule has 9 nitrogen and oxygen atoms in total. The van der Waals surface area contributed by atoms with Crippen LogP contribution in [0.4, 0.5) is 19.0 Å². The highest BCUT2D eigenvalue weighted by atomic mass is 19.4.